The van der Waals surface area contributed by atoms with Gasteiger partial charge in [-0.25, -0.2) is 8.42 Å². The summed E-state index contributed by atoms with van der Waals surface area (Å²) >= 11 is 0. The van der Waals surface area contributed by atoms with Gasteiger partial charge in [0.15, 0.2) is 9.84 Å². The van der Waals surface area contributed by atoms with Crippen molar-refractivity contribution in [2.24, 2.45) is 5.73 Å². The predicted molar refractivity (Wildman–Crippen MR) is 83.0 cm³/mol. The first kappa shape index (κ1) is 15.5. The number of methoxy groups -OCH3 is 1. The number of sulfone groups is 1. The van der Waals surface area contributed by atoms with E-state index in [2.05, 4.69) is 0 Å². The molecule has 2 N–H and O–H groups in total. The van der Waals surface area contributed by atoms with E-state index in [9.17, 15) is 8.42 Å². The van der Waals surface area contributed by atoms with Gasteiger partial charge in [0, 0.05) is 12.1 Å². The topological polar surface area (TPSA) is 69.4 Å². The lowest BCUT2D eigenvalue weighted by Gasteiger charge is -2.10. The maximum atomic E-state index is 12.4. The van der Waals surface area contributed by atoms with Crippen molar-refractivity contribution in [2.75, 3.05) is 7.11 Å². The van der Waals surface area contributed by atoms with Crippen LogP contribution in [-0.2, 0) is 22.1 Å². The minimum atomic E-state index is -3.37. The number of rotatable bonds is 5. The van der Waals surface area contributed by atoms with Crippen LogP contribution in [0.3, 0.4) is 0 Å². The molecule has 0 aliphatic rings. The van der Waals surface area contributed by atoms with Crippen LogP contribution in [0.1, 0.15) is 16.7 Å². The summed E-state index contributed by atoms with van der Waals surface area (Å²) in [6.07, 6.45) is 0. The van der Waals surface area contributed by atoms with Gasteiger partial charge in [0.25, 0.3) is 0 Å². The number of nitrogens with two attached hydrogens (primary N) is 1. The Balaban J connectivity index is 2.33. The molecule has 2 rings (SSSR count). The van der Waals surface area contributed by atoms with Crippen molar-refractivity contribution in [1.82, 2.24) is 0 Å². The van der Waals surface area contributed by atoms with Crippen molar-refractivity contribution in [1.29, 1.82) is 0 Å². The molecule has 0 amide bonds. The first-order valence-corrected chi connectivity index (χ1v) is 8.27. The van der Waals surface area contributed by atoms with Gasteiger partial charge in [0.1, 0.15) is 5.75 Å². The molecule has 0 fully saturated rings. The molecule has 0 aliphatic heterocycles. The summed E-state index contributed by atoms with van der Waals surface area (Å²) in [5.41, 5.74) is 8.08. The van der Waals surface area contributed by atoms with E-state index < -0.39 is 9.84 Å². The quantitative estimate of drug-likeness (QED) is 0.921. The van der Waals surface area contributed by atoms with E-state index in [1.165, 1.54) is 0 Å². The van der Waals surface area contributed by atoms with Crippen LogP contribution in [0.2, 0.25) is 0 Å². The molecule has 5 heteroatoms. The van der Waals surface area contributed by atoms with Crippen LogP contribution in [0.15, 0.2) is 47.4 Å². The predicted octanol–water partition coefficient (Wildman–Crippen LogP) is 2.44. The SMILES string of the molecule is COc1cc(CS(=O)(=O)c2cccc(C)c2)ccc1CN. The molecule has 0 aromatic heterocycles. The number of hydrogen-bond donors (Lipinski definition) is 1. The zero-order chi connectivity index (χ0) is 15.5. The van der Waals surface area contributed by atoms with Crippen LogP contribution in [0.4, 0.5) is 0 Å². The van der Waals surface area contributed by atoms with Crippen LogP contribution in [0.5, 0.6) is 5.75 Å². The zero-order valence-electron chi connectivity index (χ0n) is 12.2. The van der Waals surface area contributed by atoms with Crippen LogP contribution < -0.4 is 10.5 Å². The summed E-state index contributed by atoms with van der Waals surface area (Å²) < 4.78 is 30.1. The van der Waals surface area contributed by atoms with Gasteiger partial charge in [0.2, 0.25) is 0 Å². The number of hydrogen-bond acceptors (Lipinski definition) is 4. The van der Waals surface area contributed by atoms with Crippen LogP contribution >= 0.6 is 0 Å². The Bertz CT molecular complexity index is 739. The van der Waals surface area contributed by atoms with Gasteiger partial charge in [-0.1, -0.05) is 24.3 Å². The fourth-order valence-electron chi connectivity index (χ4n) is 2.16. The smallest absolute Gasteiger partial charge is 0.182 e. The molecular formula is C16H19NO3S. The van der Waals surface area contributed by atoms with Crippen LogP contribution in [0.25, 0.3) is 0 Å². The second kappa shape index (κ2) is 6.28. The minimum absolute atomic E-state index is 0.0579. The van der Waals surface area contributed by atoms with Crippen LogP contribution in [-0.4, -0.2) is 15.5 Å². The van der Waals surface area contributed by atoms with Gasteiger partial charge >= 0.3 is 0 Å². The molecule has 0 aliphatic carbocycles. The normalized spacial score (nSPS) is 11.4. The second-order valence-corrected chi connectivity index (χ2v) is 6.92. The molecule has 0 atom stereocenters. The number of ether oxygens (including phenoxy) is 1. The molecule has 4 nitrogen and oxygen atoms in total. The Hall–Kier alpha value is -1.85. The molecule has 0 bridgehead atoms. The van der Waals surface area contributed by atoms with E-state index in [1.54, 1.807) is 43.5 Å². The monoisotopic (exact) mass is 305 g/mol. The number of benzene rings is 2. The Kier molecular flexibility index (Phi) is 4.65. The lowest BCUT2D eigenvalue weighted by Crippen LogP contribution is -2.06. The lowest BCUT2D eigenvalue weighted by atomic mass is 10.1. The maximum Gasteiger partial charge on any atom is 0.182 e. The Morgan fingerprint density at radius 1 is 1.14 bits per heavy atom. The summed E-state index contributed by atoms with van der Waals surface area (Å²) in [5, 5.41) is 0. The highest BCUT2D eigenvalue weighted by molar-refractivity contribution is 7.90. The van der Waals surface area contributed by atoms with E-state index in [0.29, 0.717) is 22.8 Å². The molecule has 0 spiro atoms. The van der Waals surface area contributed by atoms with Crippen molar-refractivity contribution in [3.63, 3.8) is 0 Å². The Labute approximate surface area is 125 Å². The second-order valence-electron chi connectivity index (χ2n) is 4.93. The largest absolute Gasteiger partial charge is 0.496 e. The molecule has 0 radical (unpaired) electrons. The minimum Gasteiger partial charge on any atom is -0.496 e. The van der Waals surface area contributed by atoms with E-state index in [-0.39, 0.29) is 5.75 Å². The average Bonchev–Trinajstić information content (AvgIpc) is 2.46. The van der Waals surface area contributed by atoms with E-state index >= 15 is 0 Å². The molecular weight excluding hydrogens is 286 g/mol. The van der Waals surface area contributed by atoms with Crippen molar-refractivity contribution in [3.05, 3.63) is 59.2 Å². The summed E-state index contributed by atoms with van der Waals surface area (Å²) in [4.78, 5) is 0.337. The fraction of sp³-hybridized carbons (Fsp3) is 0.250. The molecule has 0 heterocycles. The van der Waals surface area contributed by atoms with Gasteiger partial charge in [-0.3, -0.25) is 0 Å². The third-order valence-corrected chi connectivity index (χ3v) is 4.96. The summed E-state index contributed by atoms with van der Waals surface area (Å²) in [6.45, 7) is 2.23. The summed E-state index contributed by atoms with van der Waals surface area (Å²) in [7, 11) is -1.82. The van der Waals surface area contributed by atoms with Crippen molar-refractivity contribution in [3.8, 4) is 5.75 Å². The summed E-state index contributed by atoms with van der Waals surface area (Å²) in [6, 6.07) is 12.2. The lowest BCUT2D eigenvalue weighted by molar-refractivity contribution is 0.409. The molecule has 0 saturated carbocycles. The third-order valence-electron chi connectivity index (χ3n) is 3.28. The Morgan fingerprint density at radius 3 is 2.52 bits per heavy atom. The van der Waals surface area contributed by atoms with Crippen molar-refractivity contribution < 1.29 is 13.2 Å². The number of aryl methyl sites for hydroxylation is 1. The van der Waals surface area contributed by atoms with Crippen molar-refractivity contribution in [2.45, 2.75) is 24.1 Å². The molecule has 21 heavy (non-hydrogen) atoms. The van der Waals surface area contributed by atoms with Gasteiger partial charge < -0.3 is 10.5 Å². The van der Waals surface area contributed by atoms with Gasteiger partial charge in [-0.2, -0.15) is 0 Å². The van der Waals surface area contributed by atoms with E-state index in [0.717, 1.165) is 11.1 Å². The standard InChI is InChI=1S/C16H19NO3S/c1-12-4-3-5-15(8-12)21(18,19)11-13-6-7-14(10-17)16(9-13)20-2/h3-9H,10-11,17H2,1-2H3. The van der Waals surface area contributed by atoms with E-state index in [1.807, 2.05) is 13.0 Å². The average molecular weight is 305 g/mol. The van der Waals surface area contributed by atoms with Gasteiger partial charge in [-0.05, 0) is 36.2 Å². The maximum absolute atomic E-state index is 12.4. The van der Waals surface area contributed by atoms with Gasteiger partial charge in [-0.15, -0.1) is 0 Å². The Morgan fingerprint density at radius 2 is 1.90 bits per heavy atom. The zero-order valence-corrected chi connectivity index (χ0v) is 13.0. The van der Waals surface area contributed by atoms with E-state index in [4.69, 9.17) is 10.5 Å². The molecule has 0 unspecified atom stereocenters. The first-order chi connectivity index (χ1) is 9.96. The van der Waals surface area contributed by atoms with Crippen molar-refractivity contribution >= 4 is 9.84 Å². The molecule has 112 valence electrons. The molecule has 2 aromatic carbocycles. The highest BCUT2D eigenvalue weighted by Gasteiger charge is 2.16. The van der Waals surface area contributed by atoms with Gasteiger partial charge in [0.05, 0.1) is 17.8 Å². The fourth-order valence-corrected chi connectivity index (χ4v) is 3.60. The highest BCUT2D eigenvalue weighted by Crippen LogP contribution is 2.23. The highest BCUT2D eigenvalue weighted by atomic mass is 32.2. The summed E-state index contributed by atoms with van der Waals surface area (Å²) in [5.74, 6) is 0.562. The first-order valence-electron chi connectivity index (χ1n) is 6.61. The third kappa shape index (κ3) is 3.62. The molecule has 0 saturated heterocycles. The molecule has 2 aromatic rings. The van der Waals surface area contributed by atoms with Crippen LogP contribution in [0, 0.1) is 6.92 Å².